The Hall–Kier alpha value is -1.36. The monoisotopic (exact) mass is 316 g/mol. The highest BCUT2D eigenvalue weighted by Gasteiger charge is 2.48. The molecule has 5 nitrogen and oxygen atoms in total. The van der Waals surface area contributed by atoms with Crippen LogP contribution in [0.1, 0.15) is 62.2 Å². The van der Waals surface area contributed by atoms with Crippen LogP contribution in [0.2, 0.25) is 0 Å². The molecule has 1 aromatic rings. The Labute approximate surface area is 138 Å². The third kappa shape index (κ3) is 2.40. The molecule has 1 saturated heterocycles. The van der Waals surface area contributed by atoms with E-state index in [4.69, 9.17) is 0 Å². The molecular weight excluding hydrogens is 288 g/mol. The second-order valence-electron chi connectivity index (χ2n) is 7.78. The van der Waals surface area contributed by atoms with Crippen molar-refractivity contribution in [1.82, 2.24) is 19.6 Å². The molecule has 126 valence electrons. The van der Waals surface area contributed by atoms with E-state index >= 15 is 0 Å². The first-order valence-corrected chi connectivity index (χ1v) is 9.11. The molecule has 1 spiro atoms. The van der Waals surface area contributed by atoms with Crippen LogP contribution in [-0.2, 0) is 18.3 Å². The first-order valence-electron chi connectivity index (χ1n) is 9.11. The Morgan fingerprint density at radius 2 is 2.09 bits per heavy atom. The molecule has 5 heteroatoms. The van der Waals surface area contributed by atoms with E-state index in [1.54, 1.807) is 0 Å². The predicted octanol–water partition coefficient (Wildman–Crippen LogP) is 2.48. The fourth-order valence-corrected chi connectivity index (χ4v) is 5.05. The Morgan fingerprint density at radius 1 is 1.30 bits per heavy atom. The molecule has 1 aliphatic heterocycles. The van der Waals surface area contributed by atoms with Gasteiger partial charge in [0.25, 0.3) is 0 Å². The van der Waals surface area contributed by atoms with Crippen LogP contribution in [0.3, 0.4) is 0 Å². The molecule has 2 fully saturated rings. The summed E-state index contributed by atoms with van der Waals surface area (Å²) < 4.78 is 2.02. The third-order valence-corrected chi connectivity index (χ3v) is 6.43. The van der Waals surface area contributed by atoms with Crippen LogP contribution in [0.15, 0.2) is 6.20 Å². The van der Waals surface area contributed by atoms with Gasteiger partial charge < -0.3 is 4.90 Å². The van der Waals surface area contributed by atoms with Crippen molar-refractivity contribution >= 4 is 5.91 Å². The Morgan fingerprint density at radius 3 is 2.87 bits per heavy atom. The largest absolute Gasteiger partial charge is 0.329 e. The minimum absolute atomic E-state index is 0.00681. The molecule has 1 unspecified atom stereocenters. The lowest BCUT2D eigenvalue weighted by molar-refractivity contribution is -0.137. The molecule has 1 amide bonds. The zero-order chi connectivity index (χ0) is 16.0. The normalized spacial score (nSPS) is 26.5. The Kier molecular flexibility index (Phi) is 3.71. The van der Waals surface area contributed by atoms with Crippen LogP contribution >= 0.6 is 0 Å². The van der Waals surface area contributed by atoms with Gasteiger partial charge in [0, 0.05) is 30.9 Å². The van der Waals surface area contributed by atoms with Crippen molar-refractivity contribution in [3.63, 3.8) is 0 Å². The minimum Gasteiger partial charge on any atom is -0.329 e. The van der Waals surface area contributed by atoms with Gasteiger partial charge in [0.2, 0.25) is 5.91 Å². The number of amides is 1. The van der Waals surface area contributed by atoms with Gasteiger partial charge >= 0.3 is 0 Å². The fourth-order valence-electron chi connectivity index (χ4n) is 5.05. The van der Waals surface area contributed by atoms with Gasteiger partial charge in [-0.1, -0.05) is 12.8 Å². The number of rotatable bonds is 3. The zero-order valence-electron chi connectivity index (χ0n) is 14.4. The molecule has 2 aliphatic carbocycles. The lowest BCUT2D eigenvalue weighted by atomic mass is 9.85. The van der Waals surface area contributed by atoms with Crippen LogP contribution < -0.4 is 0 Å². The van der Waals surface area contributed by atoms with Crippen molar-refractivity contribution < 1.29 is 4.79 Å². The van der Waals surface area contributed by atoms with E-state index in [1.165, 1.54) is 36.9 Å². The molecule has 0 radical (unpaired) electrons. The Balaban J connectivity index is 1.47. The van der Waals surface area contributed by atoms with Gasteiger partial charge in [-0.2, -0.15) is 5.10 Å². The zero-order valence-corrected chi connectivity index (χ0v) is 14.4. The van der Waals surface area contributed by atoms with Crippen LogP contribution in [0.25, 0.3) is 0 Å². The lowest BCUT2D eigenvalue weighted by Crippen LogP contribution is -2.41. The van der Waals surface area contributed by atoms with Gasteiger partial charge in [-0.3, -0.25) is 14.4 Å². The molecule has 23 heavy (non-hydrogen) atoms. The topological polar surface area (TPSA) is 41.4 Å². The number of likely N-dealkylation sites (tertiary alicyclic amines) is 1. The SMILES string of the molecule is CN(CN1CCC2(CCCC2)C1=O)C1CCCc2c1cnn2C. The summed E-state index contributed by atoms with van der Waals surface area (Å²) in [5.74, 6) is 0.420. The number of aromatic nitrogens is 2. The summed E-state index contributed by atoms with van der Waals surface area (Å²) in [6.45, 7) is 1.70. The van der Waals surface area contributed by atoms with Crippen LogP contribution in [0, 0.1) is 5.41 Å². The summed E-state index contributed by atoms with van der Waals surface area (Å²) in [6, 6.07) is 0.403. The van der Waals surface area contributed by atoms with Crippen molar-refractivity contribution in [2.75, 3.05) is 20.3 Å². The summed E-state index contributed by atoms with van der Waals surface area (Å²) in [5, 5.41) is 4.44. The molecule has 1 atom stereocenters. The summed E-state index contributed by atoms with van der Waals surface area (Å²) in [4.78, 5) is 17.4. The molecule has 1 saturated carbocycles. The number of aryl methyl sites for hydroxylation is 1. The Bertz CT molecular complexity index is 602. The first kappa shape index (κ1) is 15.2. The summed E-state index contributed by atoms with van der Waals surface area (Å²) in [6.07, 6.45) is 11.3. The van der Waals surface area contributed by atoms with E-state index in [9.17, 15) is 4.79 Å². The van der Waals surface area contributed by atoms with Crippen LogP contribution in [0.4, 0.5) is 0 Å². The molecular formula is C18H28N4O. The van der Waals surface area contributed by atoms with Crippen molar-refractivity contribution in [1.29, 1.82) is 0 Å². The van der Waals surface area contributed by atoms with Gasteiger partial charge in [0.15, 0.2) is 0 Å². The molecule has 0 N–H and O–H groups in total. The van der Waals surface area contributed by atoms with Crippen LogP contribution in [0.5, 0.6) is 0 Å². The van der Waals surface area contributed by atoms with Crippen molar-refractivity contribution in [2.45, 2.75) is 57.4 Å². The minimum atomic E-state index is 0.00681. The average Bonchev–Trinajstić information content (AvgIpc) is 3.25. The van der Waals surface area contributed by atoms with Crippen molar-refractivity contribution in [2.24, 2.45) is 12.5 Å². The molecule has 1 aromatic heterocycles. The number of hydrogen-bond acceptors (Lipinski definition) is 3. The number of carbonyl (C=O) groups is 1. The first-order chi connectivity index (χ1) is 11.1. The fraction of sp³-hybridized carbons (Fsp3) is 0.778. The van der Waals surface area contributed by atoms with Gasteiger partial charge in [-0.15, -0.1) is 0 Å². The van der Waals surface area contributed by atoms with E-state index in [0.717, 1.165) is 38.9 Å². The van der Waals surface area contributed by atoms with Gasteiger partial charge in [-0.25, -0.2) is 0 Å². The lowest BCUT2D eigenvalue weighted by Gasteiger charge is -2.34. The maximum atomic E-state index is 12.9. The van der Waals surface area contributed by atoms with Gasteiger partial charge in [-0.05, 0) is 45.6 Å². The highest BCUT2D eigenvalue weighted by molar-refractivity contribution is 5.85. The second kappa shape index (κ2) is 5.62. The maximum Gasteiger partial charge on any atom is 0.229 e. The van der Waals surface area contributed by atoms with Gasteiger partial charge in [0.1, 0.15) is 0 Å². The third-order valence-electron chi connectivity index (χ3n) is 6.43. The maximum absolute atomic E-state index is 12.9. The van der Waals surface area contributed by atoms with Crippen molar-refractivity contribution in [3.8, 4) is 0 Å². The standard InChI is InChI=1S/C18H28N4O/c1-20(15-6-5-7-16-14(15)12-19-21(16)2)13-22-11-10-18(17(22)23)8-3-4-9-18/h12,15H,3-11,13H2,1-2H3. The van der Waals surface area contributed by atoms with E-state index in [2.05, 4.69) is 21.9 Å². The molecule has 2 heterocycles. The highest BCUT2D eigenvalue weighted by Crippen LogP contribution is 2.46. The molecule has 3 aliphatic rings. The quantitative estimate of drug-likeness (QED) is 0.860. The number of fused-ring (bicyclic) bond motifs is 1. The van der Waals surface area contributed by atoms with Crippen molar-refractivity contribution in [3.05, 3.63) is 17.5 Å². The van der Waals surface area contributed by atoms with Gasteiger partial charge in [0.05, 0.1) is 18.3 Å². The smallest absolute Gasteiger partial charge is 0.229 e. The summed E-state index contributed by atoms with van der Waals surface area (Å²) in [7, 11) is 4.20. The average molecular weight is 316 g/mol. The van der Waals surface area contributed by atoms with E-state index < -0.39 is 0 Å². The molecule has 0 bridgehead atoms. The number of carbonyl (C=O) groups excluding carboxylic acids is 1. The van der Waals surface area contributed by atoms with Crippen LogP contribution in [-0.4, -0.2) is 45.7 Å². The molecule has 0 aromatic carbocycles. The van der Waals surface area contributed by atoms with E-state index in [0.29, 0.717) is 11.9 Å². The predicted molar refractivity (Wildman–Crippen MR) is 88.7 cm³/mol. The summed E-state index contributed by atoms with van der Waals surface area (Å²) in [5.41, 5.74) is 2.74. The van der Waals surface area contributed by atoms with E-state index in [-0.39, 0.29) is 5.41 Å². The number of hydrogen-bond donors (Lipinski definition) is 0. The second-order valence-corrected chi connectivity index (χ2v) is 7.78. The van der Waals surface area contributed by atoms with E-state index in [1.807, 2.05) is 17.9 Å². The number of nitrogens with zero attached hydrogens (tertiary/aromatic N) is 4. The summed E-state index contributed by atoms with van der Waals surface area (Å²) >= 11 is 0. The highest BCUT2D eigenvalue weighted by atomic mass is 16.2. The molecule has 4 rings (SSSR count).